The van der Waals surface area contributed by atoms with Crippen LogP contribution < -0.4 is 5.73 Å². The van der Waals surface area contributed by atoms with Crippen LogP contribution in [0.2, 0.25) is 0 Å². The van der Waals surface area contributed by atoms with Crippen LogP contribution in [-0.4, -0.2) is 36.6 Å². The van der Waals surface area contributed by atoms with Gasteiger partial charge in [0.1, 0.15) is 6.10 Å². The number of aryl methyl sites for hydroxylation is 1. The lowest BCUT2D eigenvalue weighted by molar-refractivity contribution is -0.141. The number of amides is 1. The first kappa shape index (κ1) is 13.5. The van der Waals surface area contributed by atoms with Gasteiger partial charge in [-0.05, 0) is 36.8 Å². The van der Waals surface area contributed by atoms with Gasteiger partial charge in [0.25, 0.3) is 5.91 Å². The summed E-state index contributed by atoms with van der Waals surface area (Å²) in [7, 11) is 1.83. The normalized spacial score (nSPS) is 23.3. The van der Waals surface area contributed by atoms with E-state index in [9.17, 15) is 4.79 Å². The number of rotatable bonds is 4. The summed E-state index contributed by atoms with van der Waals surface area (Å²) in [5.41, 5.74) is 6.80. The lowest BCUT2D eigenvalue weighted by Crippen LogP contribution is -2.36. The highest BCUT2D eigenvalue weighted by molar-refractivity contribution is 7.10. The fraction of sp³-hybridized carbons (Fsp3) is 0.615. The van der Waals surface area contributed by atoms with Crippen molar-refractivity contribution in [3.63, 3.8) is 0 Å². The zero-order chi connectivity index (χ0) is 13.1. The summed E-state index contributed by atoms with van der Waals surface area (Å²) in [6, 6.07) is 2.08. The Morgan fingerprint density at radius 1 is 1.61 bits per heavy atom. The first-order valence-electron chi connectivity index (χ1n) is 6.25. The molecule has 1 aromatic heterocycles. The summed E-state index contributed by atoms with van der Waals surface area (Å²) < 4.78 is 5.63. The van der Waals surface area contributed by atoms with Crippen molar-refractivity contribution in [2.24, 2.45) is 5.73 Å². The summed E-state index contributed by atoms with van der Waals surface area (Å²) in [5, 5.41) is 2.06. The number of ether oxygens (including phenoxy) is 1. The van der Waals surface area contributed by atoms with E-state index in [1.54, 1.807) is 16.2 Å². The Hall–Kier alpha value is -0.910. The molecule has 0 spiro atoms. The van der Waals surface area contributed by atoms with Gasteiger partial charge in [0.05, 0.1) is 12.6 Å². The fourth-order valence-corrected chi connectivity index (χ4v) is 3.12. The molecule has 2 N–H and O–H groups in total. The maximum absolute atomic E-state index is 12.2. The van der Waals surface area contributed by atoms with Crippen molar-refractivity contribution < 1.29 is 9.53 Å². The van der Waals surface area contributed by atoms with Crippen LogP contribution >= 0.6 is 11.3 Å². The van der Waals surface area contributed by atoms with Crippen LogP contribution in [0.4, 0.5) is 0 Å². The molecule has 0 bridgehead atoms. The summed E-state index contributed by atoms with van der Waals surface area (Å²) in [4.78, 5) is 15.2. The SMILES string of the molecule is Cc1ccsc1CN(C)C(=O)C1CCC(CN)O1. The average molecular weight is 268 g/mol. The van der Waals surface area contributed by atoms with E-state index in [1.165, 1.54) is 10.4 Å². The second-order valence-corrected chi connectivity index (χ2v) is 5.78. The summed E-state index contributed by atoms with van der Waals surface area (Å²) in [6.07, 6.45) is 1.42. The lowest BCUT2D eigenvalue weighted by Gasteiger charge is -2.21. The molecule has 2 heterocycles. The van der Waals surface area contributed by atoms with Crippen LogP contribution in [0.5, 0.6) is 0 Å². The third kappa shape index (κ3) is 2.91. The van der Waals surface area contributed by atoms with Gasteiger partial charge < -0.3 is 15.4 Å². The molecule has 2 atom stereocenters. The van der Waals surface area contributed by atoms with Gasteiger partial charge in [-0.1, -0.05) is 0 Å². The Kier molecular flexibility index (Phi) is 4.37. The van der Waals surface area contributed by atoms with Crippen LogP contribution in [0, 0.1) is 6.92 Å². The number of hydrogen-bond acceptors (Lipinski definition) is 4. The first-order valence-corrected chi connectivity index (χ1v) is 7.13. The average Bonchev–Trinajstić information content (AvgIpc) is 2.98. The number of carbonyl (C=O) groups excluding carboxylic acids is 1. The number of hydrogen-bond donors (Lipinski definition) is 1. The molecule has 1 aliphatic rings. The second kappa shape index (κ2) is 5.82. The predicted molar refractivity (Wildman–Crippen MR) is 72.5 cm³/mol. The first-order chi connectivity index (χ1) is 8.61. The number of nitrogens with two attached hydrogens (primary N) is 1. The van der Waals surface area contributed by atoms with E-state index < -0.39 is 0 Å². The van der Waals surface area contributed by atoms with E-state index in [1.807, 2.05) is 7.05 Å². The molecular weight excluding hydrogens is 248 g/mol. The van der Waals surface area contributed by atoms with Gasteiger partial charge >= 0.3 is 0 Å². The molecule has 0 saturated carbocycles. The van der Waals surface area contributed by atoms with Crippen molar-refractivity contribution in [2.75, 3.05) is 13.6 Å². The molecule has 0 radical (unpaired) electrons. The molecule has 5 heteroatoms. The van der Waals surface area contributed by atoms with Gasteiger partial charge in [0, 0.05) is 18.5 Å². The van der Waals surface area contributed by atoms with Crippen molar-refractivity contribution in [3.05, 3.63) is 21.9 Å². The summed E-state index contributed by atoms with van der Waals surface area (Å²) in [6.45, 7) is 3.23. The van der Waals surface area contributed by atoms with Crippen molar-refractivity contribution in [3.8, 4) is 0 Å². The summed E-state index contributed by atoms with van der Waals surface area (Å²) >= 11 is 1.69. The molecule has 100 valence electrons. The standard InChI is InChI=1S/C13H20N2O2S/c1-9-5-6-18-12(9)8-15(2)13(16)11-4-3-10(7-14)17-11/h5-6,10-11H,3-4,7-8,14H2,1-2H3. The topological polar surface area (TPSA) is 55.6 Å². The number of thiophene rings is 1. The summed E-state index contributed by atoms with van der Waals surface area (Å²) in [5.74, 6) is 0.0683. The molecule has 0 aromatic carbocycles. The Labute approximate surface area is 112 Å². The fourth-order valence-electron chi connectivity index (χ4n) is 2.17. The molecule has 18 heavy (non-hydrogen) atoms. The Balaban J connectivity index is 1.91. The maximum Gasteiger partial charge on any atom is 0.251 e. The molecule has 2 unspecified atom stereocenters. The van der Waals surface area contributed by atoms with Crippen molar-refractivity contribution in [2.45, 2.75) is 38.5 Å². The van der Waals surface area contributed by atoms with Crippen LogP contribution in [0.25, 0.3) is 0 Å². The zero-order valence-corrected chi connectivity index (χ0v) is 11.7. The van der Waals surface area contributed by atoms with Gasteiger partial charge in [-0.15, -0.1) is 11.3 Å². The van der Waals surface area contributed by atoms with Crippen LogP contribution in [-0.2, 0) is 16.1 Å². The Morgan fingerprint density at radius 2 is 2.39 bits per heavy atom. The smallest absolute Gasteiger partial charge is 0.251 e. The van der Waals surface area contributed by atoms with E-state index in [0.29, 0.717) is 13.1 Å². The predicted octanol–water partition coefficient (Wildman–Crippen LogP) is 1.52. The number of nitrogens with zero attached hydrogens (tertiary/aromatic N) is 1. The molecule has 2 rings (SSSR count). The number of likely N-dealkylation sites (N-methyl/N-ethyl adjacent to an activating group) is 1. The van der Waals surface area contributed by atoms with E-state index in [0.717, 1.165) is 12.8 Å². The van der Waals surface area contributed by atoms with Crippen LogP contribution in [0.1, 0.15) is 23.3 Å². The second-order valence-electron chi connectivity index (χ2n) is 4.78. The third-order valence-corrected chi connectivity index (χ3v) is 4.38. The van der Waals surface area contributed by atoms with E-state index >= 15 is 0 Å². The van der Waals surface area contributed by atoms with Crippen molar-refractivity contribution in [1.29, 1.82) is 0 Å². The van der Waals surface area contributed by atoms with E-state index in [-0.39, 0.29) is 18.1 Å². The minimum absolute atomic E-state index is 0.0517. The largest absolute Gasteiger partial charge is 0.364 e. The molecule has 1 aliphatic heterocycles. The van der Waals surface area contributed by atoms with E-state index in [2.05, 4.69) is 18.4 Å². The number of carbonyl (C=O) groups is 1. The molecule has 1 amide bonds. The van der Waals surface area contributed by atoms with Crippen molar-refractivity contribution >= 4 is 17.2 Å². The van der Waals surface area contributed by atoms with Gasteiger partial charge in [-0.2, -0.15) is 0 Å². The minimum Gasteiger partial charge on any atom is -0.364 e. The monoisotopic (exact) mass is 268 g/mol. The molecule has 1 saturated heterocycles. The molecule has 4 nitrogen and oxygen atoms in total. The Bertz CT molecular complexity index is 419. The highest BCUT2D eigenvalue weighted by Crippen LogP contribution is 2.22. The minimum atomic E-state index is -0.302. The van der Waals surface area contributed by atoms with E-state index in [4.69, 9.17) is 10.5 Å². The highest BCUT2D eigenvalue weighted by atomic mass is 32.1. The van der Waals surface area contributed by atoms with Crippen LogP contribution in [0.15, 0.2) is 11.4 Å². The van der Waals surface area contributed by atoms with Gasteiger partial charge in [0.15, 0.2) is 0 Å². The third-order valence-electron chi connectivity index (χ3n) is 3.37. The van der Waals surface area contributed by atoms with Gasteiger partial charge in [-0.3, -0.25) is 4.79 Å². The highest BCUT2D eigenvalue weighted by Gasteiger charge is 2.31. The molecule has 1 fully saturated rings. The van der Waals surface area contributed by atoms with Gasteiger partial charge in [-0.25, -0.2) is 0 Å². The molecular formula is C13H20N2O2S. The van der Waals surface area contributed by atoms with Crippen molar-refractivity contribution in [1.82, 2.24) is 4.90 Å². The van der Waals surface area contributed by atoms with Crippen LogP contribution in [0.3, 0.4) is 0 Å². The van der Waals surface area contributed by atoms with Gasteiger partial charge in [0.2, 0.25) is 0 Å². The molecule has 0 aliphatic carbocycles. The maximum atomic E-state index is 12.2. The Morgan fingerprint density at radius 3 is 2.94 bits per heavy atom. The lowest BCUT2D eigenvalue weighted by atomic mass is 10.2. The zero-order valence-electron chi connectivity index (χ0n) is 10.9. The quantitative estimate of drug-likeness (QED) is 0.901. The molecule has 1 aromatic rings.